The van der Waals surface area contributed by atoms with Crippen LogP contribution in [-0.2, 0) is 13.5 Å². The van der Waals surface area contributed by atoms with E-state index < -0.39 is 0 Å². The summed E-state index contributed by atoms with van der Waals surface area (Å²) in [5.41, 5.74) is 2.66. The quantitative estimate of drug-likeness (QED) is 0.744. The predicted octanol–water partition coefficient (Wildman–Crippen LogP) is 1.41. The van der Waals surface area contributed by atoms with Gasteiger partial charge in [-0.2, -0.15) is 5.10 Å². The lowest BCUT2D eigenvalue weighted by Crippen LogP contribution is -2.14. The van der Waals surface area contributed by atoms with Gasteiger partial charge in [-0.05, 0) is 31.4 Å². The van der Waals surface area contributed by atoms with Gasteiger partial charge in [0, 0.05) is 13.2 Å². The van der Waals surface area contributed by atoms with Crippen LogP contribution in [0.2, 0.25) is 0 Å². The van der Waals surface area contributed by atoms with E-state index in [-0.39, 0.29) is 0 Å². The Morgan fingerprint density at radius 2 is 2.54 bits per heavy atom. The Kier molecular flexibility index (Phi) is 2.36. The smallest absolute Gasteiger partial charge is 0.0825 e. The molecule has 0 saturated carbocycles. The number of aromatic nitrogens is 2. The van der Waals surface area contributed by atoms with Crippen LogP contribution in [0.5, 0.6) is 0 Å². The molecule has 0 aliphatic carbocycles. The van der Waals surface area contributed by atoms with Gasteiger partial charge in [-0.15, -0.1) is 0 Å². The van der Waals surface area contributed by atoms with Crippen molar-refractivity contribution in [2.75, 3.05) is 6.54 Å². The topological polar surface area (TPSA) is 29.9 Å². The first-order chi connectivity index (χ1) is 6.31. The SMILES string of the molecule is CCc1cn(C)nc1C1CCCN1. The lowest BCUT2D eigenvalue weighted by molar-refractivity contribution is 0.603. The van der Waals surface area contributed by atoms with Crippen LogP contribution in [-0.4, -0.2) is 16.3 Å². The second-order valence-electron chi connectivity index (χ2n) is 3.72. The molecule has 72 valence electrons. The zero-order valence-corrected chi connectivity index (χ0v) is 8.38. The largest absolute Gasteiger partial charge is 0.309 e. The van der Waals surface area contributed by atoms with Crippen molar-refractivity contribution in [3.63, 3.8) is 0 Å². The normalized spacial score (nSPS) is 22.5. The Balaban J connectivity index is 2.26. The molecule has 1 unspecified atom stereocenters. The third-order valence-electron chi connectivity index (χ3n) is 2.71. The van der Waals surface area contributed by atoms with E-state index in [0.717, 1.165) is 13.0 Å². The van der Waals surface area contributed by atoms with Gasteiger partial charge in [-0.1, -0.05) is 6.92 Å². The van der Waals surface area contributed by atoms with E-state index in [0.29, 0.717) is 6.04 Å². The fourth-order valence-corrected chi connectivity index (χ4v) is 2.04. The van der Waals surface area contributed by atoms with Crippen LogP contribution in [0, 0.1) is 0 Å². The molecule has 0 aromatic carbocycles. The molecule has 0 radical (unpaired) electrons. The minimum absolute atomic E-state index is 0.510. The molecule has 1 fully saturated rings. The zero-order valence-electron chi connectivity index (χ0n) is 8.38. The van der Waals surface area contributed by atoms with E-state index in [9.17, 15) is 0 Å². The van der Waals surface area contributed by atoms with Crippen LogP contribution in [0.25, 0.3) is 0 Å². The van der Waals surface area contributed by atoms with E-state index in [1.54, 1.807) is 0 Å². The van der Waals surface area contributed by atoms with Gasteiger partial charge >= 0.3 is 0 Å². The minimum Gasteiger partial charge on any atom is -0.309 e. The van der Waals surface area contributed by atoms with Crippen LogP contribution in [0.3, 0.4) is 0 Å². The Bertz CT molecular complexity index is 284. The van der Waals surface area contributed by atoms with Crippen LogP contribution >= 0.6 is 0 Å². The van der Waals surface area contributed by atoms with Crippen molar-refractivity contribution in [1.29, 1.82) is 0 Å². The Morgan fingerprint density at radius 3 is 3.15 bits per heavy atom. The maximum atomic E-state index is 4.52. The molecule has 13 heavy (non-hydrogen) atoms. The van der Waals surface area contributed by atoms with E-state index in [1.165, 1.54) is 24.1 Å². The highest BCUT2D eigenvalue weighted by molar-refractivity contribution is 5.21. The molecule has 1 aliphatic heterocycles. The summed E-state index contributed by atoms with van der Waals surface area (Å²) in [7, 11) is 2.00. The van der Waals surface area contributed by atoms with E-state index in [4.69, 9.17) is 0 Å². The first kappa shape index (κ1) is 8.75. The molecule has 2 heterocycles. The fourth-order valence-electron chi connectivity index (χ4n) is 2.04. The fraction of sp³-hybridized carbons (Fsp3) is 0.700. The molecular formula is C10H17N3. The summed E-state index contributed by atoms with van der Waals surface area (Å²) in [5.74, 6) is 0. The molecule has 1 N–H and O–H groups in total. The van der Waals surface area contributed by atoms with Gasteiger partial charge in [0.25, 0.3) is 0 Å². The molecule has 0 spiro atoms. The summed E-state index contributed by atoms with van der Waals surface area (Å²) in [6.07, 6.45) is 5.74. The molecule has 1 atom stereocenters. The van der Waals surface area contributed by atoms with Crippen molar-refractivity contribution < 1.29 is 0 Å². The predicted molar refractivity (Wildman–Crippen MR) is 52.6 cm³/mol. The van der Waals surface area contributed by atoms with Crippen molar-refractivity contribution in [1.82, 2.24) is 15.1 Å². The monoisotopic (exact) mass is 179 g/mol. The Labute approximate surface area is 79.1 Å². The van der Waals surface area contributed by atoms with Crippen LogP contribution in [0.15, 0.2) is 6.20 Å². The molecule has 1 aliphatic rings. The number of nitrogens with zero attached hydrogens (tertiary/aromatic N) is 2. The van der Waals surface area contributed by atoms with Crippen molar-refractivity contribution in [2.45, 2.75) is 32.2 Å². The molecule has 3 heteroatoms. The van der Waals surface area contributed by atoms with Gasteiger partial charge in [-0.3, -0.25) is 4.68 Å². The van der Waals surface area contributed by atoms with Crippen LogP contribution in [0.1, 0.15) is 37.1 Å². The van der Waals surface area contributed by atoms with Gasteiger partial charge in [0.1, 0.15) is 0 Å². The first-order valence-electron chi connectivity index (χ1n) is 5.07. The Morgan fingerprint density at radius 1 is 1.69 bits per heavy atom. The lowest BCUT2D eigenvalue weighted by atomic mass is 10.1. The maximum absolute atomic E-state index is 4.52. The number of rotatable bonds is 2. The van der Waals surface area contributed by atoms with Crippen LogP contribution in [0.4, 0.5) is 0 Å². The van der Waals surface area contributed by atoms with Gasteiger partial charge in [0.15, 0.2) is 0 Å². The van der Waals surface area contributed by atoms with Gasteiger partial charge in [-0.25, -0.2) is 0 Å². The second kappa shape index (κ2) is 3.50. The molecule has 3 nitrogen and oxygen atoms in total. The molecular weight excluding hydrogens is 162 g/mol. The molecule has 2 rings (SSSR count). The summed E-state index contributed by atoms with van der Waals surface area (Å²) in [4.78, 5) is 0. The molecule has 1 aromatic heterocycles. The molecule has 1 saturated heterocycles. The van der Waals surface area contributed by atoms with Gasteiger partial charge in [0.05, 0.1) is 11.7 Å². The summed E-state index contributed by atoms with van der Waals surface area (Å²) < 4.78 is 1.92. The highest BCUT2D eigenvalue weighted by atomic mass is 15.3. The van der Waals surface area contributed by atoms with E-state index in [1.807, 2.05) is 11.7 Å². The highest BCUT2D eigenvalue weighted by Gasteiger charge is 2.21. The van der Waals surface area contributed by atoms with Gasteiger partial charge < -0.3 is 5.32 Å². The minimum atomic E-state index is 0.510. The third-order valence-corrected chi connectivity index (χ3v) is 2.71. The van der Waals surface area contributed by atoms with Crippen molar-refractivity contribution in [3.05, 3.63) is 17.5 Å². The summed E-state index contributed by atoms with van der Waals surface area (Å²) >= 11 is 0. The second-order valence-corrected chi connectivity index (χ2v) is 3.72. The van der Waals surface area contributed by atoms with Crippen molar-refractivity contribution >= 4 is 0 Å². The number of hydrogen-bond acceptors (Lipinski definition) is 2. The molecule has 0 bridgehead atoms. The summed E-state index contributed by atoms with van der Waals surface area (Å²) in [6.45, 7) is 3.33. The summed E-state index contributed by atoms with van der Waals surface area (Å²) in [6, 6.07) is 0.510. The standard InChI is InChI=1S/C10H17N3/c1-3-8-7-13(2)12-10(8)9-5-4-6-11-9/h7,9,11H,3-6H2,1-2H3. The highest BCUT2D eigenvalue weighted by Crippen LogP contribution is 2.24. The third kappa shape index (κ3) is 1.61. The first-order valence-corrected chi connectivity index (χ1v) is 5.07. The maximum Gasteiger partial charge on any atom is 0.0825 e. The average Bonchev–Trinajstić information content (AvgIpc) is 2.71. The van der Waals surface area contributed by atoms with E-state index >= 15 is 0 Å². The molecule has 0 amide bonds. The van der Waals surface area contributed by atoms with E-state index in [2.05, 4.69) is 23.5 Å². The van der Waals surface area contributed by atoms with Crippen molar-refractivity contribution in [3.8, 4) is 0 Å². The van der Waals surface area contributed by atoms with Crippen molar-refractivity contribution in [2.24, 2.45) is 7.05 Å². The van der Waals surface area contributed by atoms with Gasteiger partial charge in [0.2, 0.25) is 0 Å². The lowest BCUT2D eigenvalue weighted by Gasteiger charge is -2.07. The number of hydrogen-bond donors (Lipinski definition) is 1. The number of aryl methyl sites for hydroxylation is 2. The zero-order chi connectivity index (χ0) is 9.26. The van der Waals surface area contributed by atoms with Crippen LogP contribution < -0.4 is 5.32 Å². The molecule has 1 aromatic rings. The number of nitrogens with one attached hydrogen (secondary N) is 1. The summed E-state index contributed by atoms with van der Waals surface area (Å²) in [5, 5.41) is 8.00. The average molecular weight is 179 g/mol. The Hall–Kier alpha value is -0.830.